The first-order chi connectivity index (χ1) is 11.2. The Morgan fingerprint density at radius 1 is 0.957 bits per heavy atom. The summed E-state index contributed by atoms with van der Waals surface area (Å²) in [6, 6.07) is 12.6. The van der Waals surface area contributed by atoms with Crippen molar-refractivity contribution in [1.29, 1.82) is 0 Å². The summed E-state index contributed by atoms with van der Waals surface area (Å²) >= 11 is 0. The summed E-state index contributed by atoms with van der Waals surface area (Å²) in [6.45, 7) is 0. The molecule has 0 aliphatic rings. The van der Waals surface area contributed by atoms with Crippen LogP contribution in [0.25, 0.3) is 6.08 Å². The number of nitrogens with one attached hydrogen (secondary N) is 1. The third-order valence-electron chi connectivity index (χ3n) is 3.21. The third kappa shape index (κ3) is 4.26. The minimum Gasteiger partial charge on any atom is -0.497 e. The summed E-state index contributed by atoms with van der Waals surface area (Å²) < 4.78 is 15.6. The van der Waals surface area contributed by atoms with Crippen LogP contribution in [0, 0.1) is 0 Å². The zero-order chi connectivity index (χ0) is 16.7. The molecule has 2 aromatic carbocycles. The molecule has 0 aliphatic carbocycles. The number of benzene rings is 2. The number of anilines is 1. The Kier molecular flexibility index (Phi) is 5.63. The molecule has 0 saturated carbocycles. The quantitative estimate of drug-likeness (QED) is 0.831. The summed E-state index contributed by atoms with van der Waals surface area (Å²) in [4.78, 5) is 12.0. The zero-order valence-corrected chi connectivity index (χ0v) is 13.3. The summed E-state index contributed by atoms with van der Waals surface area (Å²) in [5.41, 5.74) is 1.45. The van der Waals surface area contributed by atoms with E-state index in [1.807, 2.05) is 12.1 Å². The van der Waals surface area contributed by atoms with Crippen molar-refractivity contribution in [2.75, 3.05) is 26.6 Å². The number of carbonyl (C=O) groups is 1. The van der Waals surface area contributed by atoms with Crippen molar-refractivity contribution in [2.45, 2.75) is 0 Å². The Hall–Kier alpha value is -2.95. The number of methoxy groups -OCH3 is 3. The number of amides is 1. The molecule has 0 atom stereocenters. The first kappa shape index (κ1) is 16.4. The molecule has 0 bridgehead atoms. The van der Waals surface area contributed by atoms with Gasteiger partial charge in [-0.1, -0.05) is 12.1 Å². The second kappa shape index (κ2) is 7.89. The molecule has 0 aromatic heterocycles. The standard InChI is InChI=1S/C18H19NO4/c1-21-15-10-8-14(9-11-15)19-17(20)12-7-13-5-4-6-16(22-2)18(13)23-3/h4-12H,1-3H3,(H,19,20). The average molecular weight is 313 g/mol. The van der Waals surface area contributed by atoms with Crippen molar-refractivity contribution in [1.82, 2.24) is 0 Å². The molecule has 5 nitrogen and oxygen atoms in total. The van der Waals surface area contributed by atoms with Gasteiger partial charge in [-0.05, 0) is 36.4 Å². The Labute approximate surface area is 135 Å². The van der Waals surface area contributed by atoms with E-state index < -0.39 is 0 Å². The van der Waals surface area contributed by atoms with Crippen LogP contribution >= 0.6 is 0 Å². The minimum atomic E-state index is -0.236. The normalized spacial score (nSPS) is 10.4. The molecular weight excluding hydrogens is 294 g/mol. The number of hydrogen-bond acceptors (Lipinski definition) is 4. The molecule has 0 unspecified atom stereocenters. The summed E-state index contributed by atoms with van der Waals surface area (Å²) in [7, 11) is 4.73. The summed E-state index contributed by atoms with van der Waals surface area (Å²) in [6.07, 6.45) is 3.13. The van der Waals surface area contributed by atoms with Gasteiger partial charge >= 0.3 is 0 Å². The highest BCUT2D eigenvalue weighted by Crippen LogP contribution is 2.31. The average Bonchev–Trinajstić information content (AvgIpc) is 2.60. The molecule has 23 heavy (non-hydrogen) atoms. The summed E-state index contributed by atoms with van der Waals surface area (Å²) in [5.74, 6) is 1.70. The first-order valence-corrected chi connectivity index (χ1v) is 7.02. The van der Waals surface area contributed by atoms with Crippen LogP contribution in [-0.4, -0.2) is 27.2 Å². The van der Waals surface area contributed by atoms with E-state index in [1.54, 1.807) is 57.7 Å². The molecule has 0 spiro atoms. The Balaban J connectivity index is 2.08. The zero-order valence-electron chi connectivity index (χ0n) is 13.3. The number of ether oxygens (including phenoxy) is 3. The van der Waals surface area contributed by atoms with Gasteiger partial charge in [0.25, 0.3) is 0 Å². The minimum absolute atomic E-state index is 0.236. The van der Waals surface area contributed by atoms with Crippen molar-refractivity contribution < 1.29 is 19.0 Å². The lowest BCUT2D eigenvalue weighted by Gasteiger charge is -2.09. The van der Waals surface area contributed by atoms with Crippen LogP contribution < -0.4 is 19.5 Å². The van der Waals surface area contributed by atoms with Gasteiger partial charge < -0.3 is 19.5 Å². The van der Waals surface area contributed by atoms with Gasteiger partial charge in [0.05, 0.1) is 21.3 Å². The van der Waals surface area contributed by atoms with Crippen LogP contribution in [0.4, 0.5) is 5.69 Å². The van der Waals surface area contributed by atoms with Crippen LogP contribution in [-0.2, 0) is 4.79 Å². The maximum absolute atomic E-state index is 12.0. The van der Waals surface area contributed by atoms with E-state index in [0.717, 1.165) is 11.3 Å². The molecule has 2 rings (SSSR count). The van der Waals surface area contributed by atoms with Gasteiger partial charge in [-0.15, -0.1) is 0 Å². The molecule has 0 aliphatic heterocycles. The van der Waals surface area contributed by atoms with Gasteiger partial charge in [0.2, 0.25) is 5.91 Å². The smallest absolute Gasteiger partial charge is 0.248 e. The first-order valence-electron chi connectivity index (χ1n) is 7.02. The Bertz CT molecular complexity index is 693. The largest absolute Gasteiger partial charge is 0.497 e. The lowest BCUT2D eigenvalue weighted by molar-refractivity contribution is -0.111. The number of rotatable bonds is 6. The van der Waals surface area contributed by atoms with Crippen molar-refractivity contribution in [3.8, 4) is 17.2 Å². The molecule has 0 radical (unpaired) electrons. The van der Waals surface area contributed by atoms with E-state index >= 15 is 0 Å². The fourth-order valence-electron chi connectivity index (χ4n) is 2.07. The van der Waals surface area contributed by atoms with Crippen molar-refractivity contribution in [3.63, 3.8) is 0 Å². The van der Waals surface area contributed by atoms with E-state index in [9.17, 15) is 4.79 Å². The highest BCUT2D eigenvalue weighted by molar-refractivity contribution is 6.02. The van der Waals surface area contributed by atoms with Gasteiger partial charge in [0.1, 0.15) is 5.75 Å². The van der Waals surface area contributed by atoms with Crippen LogP contribution in [0.15, 0.2) is 48.5 Å². The van der Waals surface area contributed by atoms with E-state index in [0.29, 0.717) is 17.2 Å². The molecular formula is C18H19NO4. The number of para-hydroxylation sites is 1. The Morgan fingerprint density at radius 2 is 1.70 bits per heavy atom. The predicted octanol–water partition coefficient (Wildman–Crippen LogP) is 3.36. The topological polar surface area (TPSA) is 56.8 Å². The predicted molar refractivity (Wildman–Crippen MR) is 90.2 cm³/mol. The van der Waals surface area contributed by atoms with Gasteiger partial charge in [-0.25, -0.2) is 0 Å². The monoisotopic (exact) mass is 313 g/mol. The maximum atomic E-state index is 12.0. The highest BCUT2D eigenvalue weighted by Gasteiger charge is 2.07. The molecule has 5 heteroatoms. The molecule has 0 heterocycles. The van der Waals surface area contributed by atoms with Crippen LogP contribution in [0.1, 0.15) is 5.56 Å². The van der Waals surface area contributed by atoms with E-state index in [4.69, 9.17) is 14.2 Å². The van der Waals surface area contributed by atoms with E-state index in [-0.39, 0.29) is 5.91 Å². The number of hydrogen-bond donors (Lipinski definition) is 1. The van der Waals surface area contributed by atoms with E-state index in [2.05, 4.69) is 5.32 Å². The molecule has 0 fully saturated rings. The second-order valence-corrected chi connectivity index (χ2v) is 4.63. The number of carbonyl (C=O) groups excluding carboxylic acids is 1. The van der Waals surface area contributed by atoms with Crippen molar-refractivity contribution in [2.24, 2.45) is 0 Å². The Morgan fingerprint density at radius 3 is 2.30 bits per heavy atom. The lowest BCUT2D eigenvalue weighted by Crippen LogP contribution is -2.07. The lowest BCUT2D eigenvalue weighted by atomic mass is 10.1. The van der Waals surface area contributed by atoms with Gasteiger partial charge in [-0.3, -0.25) is 4.79 Å². The molecule has 120 valence electrons. The highest BCUT2D eigenvalue weighted by atomic mass is 16.5. The van der Waals surface area contributed by atoms with Gasteiger partial charge in [0, 0.05) is 17.3 Å². The van der Waals surface area contributed by atoms with Crippen molar-refractivity contribution >= 4 is 17.7 Å². The maximum Gasteiger partial charge on any atom is 0.248 e. The third-order valence-corrected chi connectivity index (χ3v) is 3.21. The van der Waals surface area contributed by atoms with E-state index in [1.165, 1.54) is 6.08 Å². The molecule has 2 aromatic rings. The molecule has 1 amide bonds. The van der Waals surface area contributed by atoms with Gasteiger partial charge in [0.15, 0.2) is 11.5 Å². The van der Waals surface area contributed by atoms with Crippen LogP contribution in [0.5, 0.6) is 17.2 Å². The van der Waals surface area contributed by atoms with Crippen molar-refractivity contribution in [3.05, 3.63) is 54.1 Å². The SMILES string of the molecule is COc1ccc(NC(=O)C=Cc2cccc(OC)c2OC)cc1. The van der Waals surface area contributed by atoms with Crippen LogP contribution in [0.2, 0.25) is 0 Å². The fraction of sp³-hybridized carbons (Fsp3) is 0.167. The molecule has 1 N–H and O–H groups in total. The fourth-order valence-corrected chi connectivity index (χ4v) is 2.07. The van der Waals surface area contributed by atoms with Crippen LogP contribution in [0.3, 0.4) is 0 Å². The van der Waals surface area contributed by atoms with Gasteiger partial charge in [-0.2, -0.15) is 0 Å². The summed E-state index contributed by atoms with van der Waals surface area (Å²) in [5, 5.41) is 2.78. The second-order valence-electron chi connectivity index (χ2n) is 4.63. The molecule has 0 saturated heterocycles.